The highest BCUT2D eigenvalue weighted by Crippen LogP contribution is 2.22. The number of aromatic nitrogens is 2. The normalized spacial score (nSPS) is 10.1. The second-order valence-corrected chi connectivity index (χ2v) is 3.72. The average molecular weight is 267 g/mol. The molecule has 92 valence electrons. The van der Waals surface area contributed by atoms with Gasteiger partial charge in [-0.1, -0.05) is 12.2 Å². The summed E-state index contributed by atoms with van der Waals surface area (Å²) in [6.07, 6.45) is 2.55. The number of ether oxygens (including phenoxy) is 1. The number of rotatable bonds is 3. The van der Waals surface area contributed by atoms with E-state index in [9.17, 15) is 8.78 Å². The Morgan fingerprint density at radius 3 is 2.56 bits per heavy atom. The molecule has 7 heteroatoms. The Bertz CT molecular complexity index is 589. The maximum absolute atomic E-state index is 13.3. The van der Waals surface area contributed by atoms with Crippen LogP contribution in [0.4, 0.5) is 8.78 Å². The number of thiocarbonyl (C=S) groups is 1. The summed E-state index contributed by atoms with van der Waals surface area (Å²) >= 11 is 4.70. The first-order valence-corrected chi connectivity index (χ1v) is 5.22. The third-order valence-electron chi connectivity index (χ3n) is 1.99. The Morgan fingerprint density at radius 2 is 2.00 bits per heavy atom. The van der Waals surface area contributed by atoms with Crippen molar-refractivity contribution in [2.24, 2.45) is 5.73 Å². The van der Waals surface area contributed by atoms with Crippen molar-refractivity contribution in [2.75, 3.05) is 0 Å². The Morgan fingerprint density at radius 1 is 1.22 bits per heavy atom. The predicted molar refractivity (Wildman–Crippen MR) is 64.4 cm³/mol. The van der Waals surface area contributed by atoms with Crippen molar-refractivity contribution in [2.45, 2.75) is 0 Å². The number of hydrogen-bond donors (Lipinski definition) is 1. The van der Waals surface area contributed by atoms with Gasteiger partial charge < -0.3 is 10.5 Å². The van der Waals surface area contributed by atoms with E-state index >= 15 is 0 Å². The van der Waals surface area contributed by atoms with Gasteiger partial charge in [-0.25, -0.2) is 18.7 Å². The minimum absolute atomic E-state index is 0.0560. The summed E-state index contributed by atoms with van der Waals surface area (Å²) in [5.41, 5.74) is 5.67. The molecular formula is C11H7F2N3OS. The summed E-state index contributed by atoms with van der Waals surface area (Å²) < 4.78 is 31.1. The Balaban J connectivity index is 2.21. The van der Waals surface area contributed by atoms with Crippen molar-refractivity contribution < 1.29 is 13.5 Å². The lowest BCUT2D eigenvalue weighted by molar-refractivity contribution is 0.421. The lowest BCUT2D eigenvalue weighted by Crippen LogP contribution is -2.11. The van der Waals surface area contributed by atoms with Crippen molar-refractivity contribution >= 4 is 17.2 Å². The van der Waals surface area contributed by atoms with Crippen LogP contribution < -0.4 is 10.5 Å². The van der Waals surface area contributed by atoms with Crippen LogP contribution in [0.25, 0.3) is 0 Å². The molecule has 0 aliphatic carbocycles. The van der Waals surface area contributed by atoms with Gasteiger partial charge in [-0.05, 0) is 12.1 Å². The van der Waals surface area contributed by atoms with Gasteiger partial charge in [-0.3, -0.25) is 0 Å². The molecule has 0 spiro atoms. The predicted octanol–water partition coefficient (Wildman–Crippen LogP) is 2.18. The Hall–Kier alpha value is -2.15. The fourth-order valence-electron chi connectivity index (χ4n) is 1.17. The fraction of sp³-hybridized carbons (Fsp3) is 0. The molecule has 2 rings (SSSR count). The molecule has 0 atom stereocenters. The van der Waals surface area contributed by atoms with Crippen LogP contribution in [0.15, 0.2) is 30.6 Å². The van der Waals surface area contributed by atoms with Crippen molar-refractivity contribution in [3.63, 3.8) is 0 Å². The van der Waals surface area contributed by atoms with Crippen LogP contribution in [0.1, 0.15) is 5.69 Å². The van der Waals surface area contributed by atoms with E-state index < -0.39 is 11.6 Å². The average Bonchev–Trinajstić information content (AvgIpc) is 2.33. The topological polar surface area (TPSA) is 61.0 Å². The molecule has 2 aromatic rings. The molecule has 0 aliphatic heterocycles. The van der Waals surface area contributed by atoms with E-state index in [2.05, 4.69) is 9.97 Å². The van der Waals surface area contributed by atoms with Crippen LogP contribution in [-0.2, 0) is 0 Å². The molecular weight excluding hydrogens is 260 g/mol. The minimum Gasteiger partial charge on any atom is -0.434 e. The van der Waals surface area contributed by atoms with Gasteiger partial charge in [0.05, 0.1) is 12.4 Å². The number of benzene rings is 1. The molecule has 2 N–H and O–H groups in total. The summed E-state index contributed by atoms with van der Waals surface area (Å²) in [5.74, 6) is -1.60. The summed E-state index contributed by atoms with van der Waals surface area (Å²) in [6, 6.07) is 2.95. The highest BCUT2D eigenvalue weighted by atomic mass is 32.1. The van der Waals surface area contributed by atoms with Crippen molar-refractivity contribution in [3.8, 4) is 11.6 Å². The third kappa shape index (κ3) is 2.75. The van der Waals surface area contributed by atoms with E-state index in [-0.39, 0.29) is 16.6 Å². The lowest BCUT2D eigenvalue weighted by Gasteiger charge is -2.05. The van der Waals surface area contributed by atoms with E-state index in [4.69, 9.17) is 22.7 Å². The Labute approximate surface area is 106 Å². The van der Waals surface area contributed by atoms with Crippen molar-refractivity contribution in [3.05, 3.63) is 47.9 Å². The maximum Gasteiger partial charge on any atom is 0.238 e. The first-order chi connectivity index (χ1) is 8.56. The second kappa shape index (κ2) is 5.01. The molecule has 0 unspecified atom stereocenters. The summed E-state index contributed by atoms with van der Waals surface area (Å²) in [4.78, 5) is 7.82. The quantitative estimate of drug-likeness (QED) is 0.864. The van der Waals surface area contributed by atoms with Gasteiger partial charge in [-0.15, -0.1) is 0 Å². The highest BCUT2D eigenvalue weighted by molar-refractivity contribution is 7.80. The van der Waals surface area contributed by atoms with Crippen LogP contribution in [0.2, 0.25) is 0 Å². The van der Waals surface area contributed by atoms with Gasteiger partial charge in [0, 0.05) is 6.07 Å². The van der Waals surface area contributed by atoms with Gasteiger partial charge in [0.25, 0.3) is 0 Å². The molecule has 4 nitrogen and oxygen atoms in total. The van der Waals surface area contributed by atoms with Crippen LogP contribution in [0.5, 0.6) is 11.6 Å². The Kier molecular flexibility index (Phi) is 3.42. The molecule has 0 saturated carbocycles. The number of nitrogens with two attached hydrogens (primary N) is 1. The summed E-state index contributed by atoms with van der Waals surface area (Å²) in [5, 5.41) is 0. The first kappa shape index (κ1) is 12.3. The number of halogens is 2. The van der Waals surface area contributed by atoms with Crippen LogP contribution >= 0.6 is 12.2 Å². The third-order valence-corrected chi connectivity index (χ3v) is 2.20. The van der Waals surface area contributed by atoms with Gasteiger partial charge in [0.2, 0.25) is 5.88 Å². The molecule has 0 fully saturated rings. The standard InChI is InChI=1S/C11H7F2N3OS/c12-6-1-2-9(7(13)3-6)17-10-5-15-8(4-16-10)11(14)18/h1-5H,(H2,14,18). The molecule has 0 saturated heterocycles. The van der Waals surface area contributed by atoms with E-state index in [0.29, 0.717) is 11.8 Å². The molecule has 0 radical (unpaired) electrons. The van der Waals surface area contributed by atoms with Crippen LogP contribution in [-0.4, -0.2) is 15.0 Å². The smallest absolute Gasteiger partial charge is 0.238 e. The van der Waals surface area contributed by atoms with Crippen molar-refractivity contribution in [1.82, 2.24) is 9.97 Å². The van der Waals surface area contributed by atoms with Crippen LogP contribution in [0.3, 0.4) is 0 Å². The largest absolute Gasteiger partial charge is 0.434 e. The van der Waals surface area contributed by atoms with E-state index in [1.165, 1.54) is 12.4 Å². The fourth-order valence-corrected chi connectivity index (χ4v) is 1.27. The maximum atomic E-state index is 13.3. The number of nitrogens with zero attached hydrogens (tertiary/aromatic N) is 2. The molecule has 0 amide bonds. The van der Waals surface area contributed by atoms with Gasteiger partial charge >= 0.3 is 0 Å². The first-order valence-electron chi connectivity index (χ1n) is 4.81. The van der Waals surface area contributed by atoms with E-state index in [1.54, 1.807) is 0 Å². The number of hydrogen-bond acceptors (Lipinski definition) is 4. The van der Waals surface area contributed by atoms with Gasteiger partial charge in [0.15, 0.2) is 11.6 Å². The molecule has 0 aliphatic rings. The van der Waals surface area contributed by atoms with E-state index in [1.807, 2.05) is 0 Å². The summed E-state index contributed by atoms with van der Waals surface area (Å²) in [6.45, 7) is 0. The van der Waals surface area contributed by atoms with Gasteiger partial charge in [0.1, 0.15) is 16.5 Å². The summed E-state index contributed by atoms with van der Waals surface area (Å²) in [7, 11) is 0. The zero-order chi connectivity index (χ0) is 13.1. The van der Waals surface area contributed by atoms with Crippen LogP contribution in [0, 0.1) is 11.6 Å². The van der Waals surface area contributed by atoms with Crippen molar-refractivity contribution in [1.29, 1.82) is 0 Å². The molecule has 18 heavy (non-hydrogen) atoms. The van der Waals surface area contributed by atoms with Gasteiger partial charge in [-0.2, -0.15) is 0 Å². The SMILES string of the molecule is NC(=S)c1cnc(Oc2ccc(F)cc2F)cn1. The van der Waals surface area contributed by atoms with E-state index in [0.717, 1.165) is 12.1 Å². The molecule has 1 aromatic carbocycles. The molecule has 1 aromatic heterocycles. The molecule has 0 bridgehead atoms. The molecule has 1 heterocycles. The highest BCUT2D eigenvalue weighted by Gasteiger charge is 2.07. The lowest BCUT2D eigenvalue weighted by atomic mass is 10.3. The second-order valence-electron chi connectivity index (χ2n) is 3.28. The zero-order valence-electron chi connectivity index (χ0n) is 8.93. The monoisotopic (exact) mass is 267 g/mol. The minimum atomic E-state index is -0.824. The zero-order valence-corrected chi connectivity index (χ0v) is 9.75.